The Morgan fingerprint density at radius 3 is 2.86 bits per heavy atom. The van der Waals surface area contributed by atoms with Crippen LogP contribution in [0.15, 0.2) is 24.3 Å². The summed E-state index contributed by atoms with van der Waals surface area (Å²) in [5.41, 5.74) is 2.66. The summed E-state index contributed by atoms with van der Waals surface area (Å²) in [6, 6.07) is 8.98. The Balaban J connectivity index is 1.53. The van der Waals surface area contributed by atoms with Gasteiger partial charge in [-0.05, 0) is 25.3 Å². The van der Waals surface area contributed by atoms with Gasteiger partial charge in [-0.15, -0.1) is 0 Å². The molecule has 0 bridgehead atoms. The zero-order valence-electron chi connectivity index (χ0n) is 12.9. The summed E-state index contributed by atoms with van der Waals surface area (Å²) >= 11 is 1.86. The minimum absolute atomic E-state index is 0.00180. The van der Waals surface area contributed by atoms with Crippen LogP contribution in [0.3, 0.4) is 0 Å². The average molecular weight is 306 g/mol. The van der Waals surface area contributed by atoms with E-state index >= 15 is 0 Å². The number of benzene rings is 1. The molecule has 3 nitrogen and oxygen atoms in total. The molecule has 1 fully saturated rings. The van der Waals surface area contributed by atoms with Gasteiger partial charge in [0.1, 0.15) is 0 Å². The molecule has 0 spiro atoms. The van der Waals surface area contributed by atoms with Gasteiger partial charge in [-0.3, -0.25) is 0 Å². The van der Waals surface area contributed by atoms with E-state index in [4.69, 9.17) is 0 Å². The minimum Gasteiger partial charge on any atom is -0.337 e. The maximum atomic E-state index is 11.8. The standard InChI is InChI=1S/C17H26N2OS/c1-14-6-5-7-15(12-14)13-21-11-10-18-17(20)19-16-8-3-2-4-9-16/h5-7,12,16H,2-4,8-11,13H2,1H3,(H2,18,19,20). The fraction of sp³-hybridized carbons (Fsp3) is 0.588. The lowest BCUT2D eigenvalue weighted by Crippen LogP contribution is -2.43. The van der Waals surface area contributed by atoms with Gasteiger partial charge in [0.15, 0.2) is 0 Å². The lowest BCUT2D eigenvalue weighted by Gasteiger charge is -2.22. The van der Waals surface area contributed by atoms with Crippen molar-refractivity contribution in [3.63, 3.8) is 0 Å². The van der Waals surface area contributed by atoms with Crippen molar-refractivity contribution in [2.24, 2.45) is 0 Å². The molecule has 0 heterocycles. The number of nitrogens with one attached hydrogen (secondary N) is 2. The summed E-state index contributed by atoms with van der Waals surface area (Å²) in [5.74, 6) is 1.96. The summed E-state index contributed by atoms with van der Waals surface area (Å²) in [7, 11) is 0. The number of amides is 2. The van der Waals surface area contributed by atoms with E-state index in [1.165, 1.54) is 30.4 Å². The predicted octanol–water partition coefficient (Wildman–Crippen LogP) is 3.86. The second-order valence-corrected chi connectivity index (χ2v) is 6.88. The highest BCUT2D eigenvalue weighted by Crippen LogP contribution is 2.17. The highest BCUT2D eigenvalue weighted by atomic mass is 32.2. The number of carbonyl (C=O) groups excluding carboxylic acids is 1. The van der Waals surface area contributed by atoms with E-state index in [0.717, 1.165) is 30.9 Å². The van der Waals surface area contributed by atoms with E-state index in [1.807, 2.05) is 11.8 Å². The van der Waals surface area contributed by atoms with Crippen LogP contribution in [-0.4, -0.2) is 24.4 Å². The number of carbonyl (C=O) groups is 1. The van der Waals surface area contributed by atoms with Crippen LogP contribution in [-0.2, 0) is 5.75 Å². The molecule has 21 heavy (non-hydrogen) atoms. The van der Waals surface area contributed by atoms with Gasteiger partial charge in [0.2, 0.25) is 0 Å². The van der Waals surface area contributed by atoms with Crippen molar-refractivity contribution in [2.45, 2.75) is 50.8 Å². The number of hydrogen-bond acceptors (Lipinski definition) is 2. The molecule has 0 radical (unpaired) electrons. The third-order valence-corrected chi connectivity index (χ3v) is 4.85. The maximum Gasteiger partial charge on any atom is 0.315 e. The lowest BCUT2D eigenvalue weighted by molar-refractivity contribution is 0.233. The fourth-order valence-corrected chi connectivity index (χ4v) is 3.52. The average Bonchev–Trinajstić information content (AvgIpc) is 2.48. The van der Waals surface area contributed by atoms with Crippen LogP contribution in [0.25, 0.3) is 0 Å². The molecule has 116 valence electrons. The van der Waals surface area contributed by atoms with E-state index in [1.54, 1.807) is 0 Å². The Kier molecular flexibility index (Phi) is 6.93. The Morgan fingerprint density at radius 1 is 1.29 bits per heavy atom. The molecule has 0 unspecified atom stereocenters. The molecule has 1 aliphatic carbocycles. The second kappa shape index (κ2) is 8.98. The van der Waals surface area contributed by atoms with Crippen molar-refractivity contribution in [2.75, 3.05) is 12.3 Å². The van der Waals surface area contributed by atoms with Gasteiger partial charge in [-0.2, -0.15) is 11.8 Å². The quantitative estimate of drug-likeness (QED) is 0.784. The van der Waals surface area contributed by atoms with Crippen molar-refractivity contribution in [1.82, 2.24) is 10.6 Å². The van der Waals surface area contributed by atoms with Crippen LogP contribution < -0.4 is 10.6 Å². The van der Waals surface area contributed by atoms with Gasteiger partial charge in [0, 0.05) is 24.1 Å². The smallest absolute Gasteiger partial charge is 0.315 e. The molecule has 4 heteroatoms. The molecular weight excluding hydrogens is 280 g/mol. The number of rotatable bonds is 6. The highest BCUT2D eigenvalue weighted by molar-refractivity contribution is 7.98. The summed E-state index contributed by atoms with van der Waals surface area (Å²) in [6.07, 6.45) is 6.08. The van der Waals surface area contributed by atoms with Gasteiger partial charge in [-0.25, -0.2) is 4.79 Å². The lowest BCUT2D eigenvalue weighted by atomic mass is 9.96. The SMILES string of the molecule is Cc1cccc(CSCCNC(=O)NC2CCCCC2)c1. The monoisotopic (exact) mass is 306 g/mol. The Bertz CT molecular complexity index is 444. The zero-order chi connectivity index (χ0) is 14.9. The summed E-state index contributed by atoms with van der Waals surface area (Å²) in [4.78, 5) is 11.8. The largest absolute Gasteiger partial charge is 0.337 e. The fourth-order valence-electron chi connectivity index (χ4n) is 2.71. The molecule has 1 aliphatic rings. The Morgan fingerprint density at radius 2 is 2.10 bits per heavy atom. The van der Waals surface area contributed by atoms with Crippen LogP contribution in [0.4, 0.5) is 4.79 Å². The van der Waals surface area contributed by atoms with E-state index in [2.05, 4.69) is 41.8 Å². The van der Waals surface area contributed by atoms with E-state index in [9.17, 15) is 4.79 Å². The molecular formula is C17H26N2OS. The second-order valence-electron chi connectivity index (χ2n) is 5.78. The molecule has 2 amide bonds. The van der Waals surface area contributed by atoms with Crippen molar-refractivity contribution in [1.29, 1.82) is 0 Å². The van der Waals surface area contributed by atoms with Crippen LogP contribution in [0, 0.1) is 6.92 Å². The maximum absolute atomic E-state index is 11.8. The Labute approximate surface area is 132 Å². The Hall–Kier alpha value is -1.16. The number of aryl methyl sites for hydroxylation is 1. The topological polar surface area (TPSA) is 41.1 Å². The van der Waals surface area contributed by atoms with Crippen molar-refractivity contribution < 1.29 is 4.79 Å². The number of thioether (sulfide) groups is 1. The number of hydrogen-bond donors (Lipinski definition) is 2. The molecule has 0 saturated heterocycles. The van der Waals surface area contributed by atoms with Crippen molar-refractivity contribution in [3.05, 3.63) is 35.4 Å². The molecule has 2 N–H and O–H groups in total. The molecule has 1 aromatic carbocycles. The van der Waals surface area contributed by atoms with Gasteiger partial charge in [0.05, 0.1) is 0 Å². The first kappa shape index (κ1) is 16.2. The van der Waals surface area contributed by atoms with E-state index < -0.39 is 0 Å². The predicted molar refractivity (Wildman–Crippen MR) is 90.7 cm³/mol. The molecule has 0 atom stereocenters. The van der Waals surface area contributed by atoms with E-state index in [-0.39, 0.29) is 6.03 Å². The normalized spacial score (nSPS) is 15.7. The van der Waals surface area contributed by atoms with E-state index in [0.29, 0.717) is 6.04 Å². The van der Waals surface area contributed by atoms with Crippen LogP contribution in [0.1, 0.15) is 43.2 Å². The minimum atomic E-state index is -0.00180. The van der Waals surface area contributed by atoms with Gasteiger partial charge >= 0.3 is 6.03 Å². The first-order valence-corrected chi connectivity index (χ1v) is 9.07. The third kappa shape index (κ3) is 6.42. The third-order valence-electron chi connectivity index (χ3n) is 3.82. The number of urea groups is 1. The van der Waals surface area contributed by atoms with Crippen molar-refractivity contribution in [3.8, 4) is 0 Å². The zero-order valence-corrected chi connectivity index (χ0v) is 13.7. The molecule has 1 aromatic rings. The summed E-state index contributed by atoms with van der Waals surface area (Å²) in [5, 5.41) is 6.03. The first-order chi connectivity index (χ1) is 10.2. The molecule has 0 aliphatic heterocycles. The van der Waals surface area contributed by atoms with Gasteiger partial charge in [-0.1, -0.05) is 49.1 Å². The first-order valence-electron chi connectivity index (χ1n) is 7.92. The van der Waals surface area contributed by atoms with Gasteiger partial charge in [0.25, 0.3) is 0 Å². The van der Waals surface area contributed by atoms with Gasteiger partial charge < -0.3 is 10.6 Å². The summed E-state index contributed by atoms with van der Waals surface area (Å²) < 4.78 is 0. The van der Waals surface area contributed by atoms with Crippen LogP contribution in [0.2, 0.25) is 0 Å². The molecule has 1 saturated carbocycles. The van der Waals surface area contributed by atoms with Crippen LogP contribution >= 0.6 is 11.8 Å². The summed E-state index contributed by atoms with van der Waals surface area (Å²) in [6.45, 7) is 2.85. The van der Waals surface area contributed by atoms with Crippen LogP contribution in [0.5, 0.6) is 0 Å². The van der Waals surface area contributed by atoms with Crippen molar-refractivity contribution >= 4 is 17.8 Å². The highest BCUT2D eigenvalue weighted by Gasteiger charge is 2.14. The molecule has 0 aromatic heterocycles. The molecule has 2 rings (SSSR count).